The van der Waals surface area contributed by atoms with Gasteiger partial charge in [-0.25, -0.2) is 9.97 Å². The molecule has 3 N–H and O–H groups in total. The number of hydrogen-bond acceptors (Lipinski definition) is 4. The van der Waals surface area contributed by atoms with E-state index < -0.39 is 6.04 Å². The van der Waals surface area contributed by atoms with E-state index in [1.54, 1.807) is 13.1 Å². The molecule has 0 aliphatic carbocycles. The fourth-order valence-electron chi connectivity index (χ4n) is 1.03. The van der Waals surface area contributed by atoms with Gasteiger partial charge in [0.1, 0.15) is 6.33 Å². The van der Waals surface area contributed by atoms with Gasteiger partial charge < -0.3 is 11.1 Å². The lowest BCUT2D eigenvalue weighted by Gasteiger charge is -2.15. The monoisotopic (exact) mass is 208 g/mol. The molecular formula is C10H16N4O. The number of aryl methyl sites for hydroxylation is 1. The zero-order valence-electron chi connectivity index (χ0n) is 9.19. The van der Waals surface area contributed by atoms with E-state index >= 15 is 0 Å². The van der Waals surface area contributed by atoms with Gasteiger partial charge in [-0.3, -0.25) is 4.79 Å². The summed E-state index contributed by atoms with van der Waals surface area (Å²) in [6.07, 6.45) is 3.00. The van der Waals surface area contributed by atoms with E-state index in [9.17, 15) is 4.79 Å². The molecule has 0 fully saturated rings. The van der Waals surface area contributed by atoms with Gasteiger partial charge in [-0.15, -0.1) is 0 Å². The number of nitrogens with zero attached hydrogens (tertiary/aromatic N) is 2. The maximum atomic E-state index is 11.6. The first-order valence-corrected chi connectivity index (χ1v) is 4.85. The first-order valence-electron chi connectivity index (χ1n) is 4.85. The molecule has 0 aliphatic rings. The van der Waals surface area contributed by atoms with Crippen LogP contribution in [0.5, 0.6) is 0 Å². The summed E-state index contributed by atoms with van der Waals surface area (Å²) >= 11 is 0. The van der Waals surface area contributed by atoms with Crippen molar-refractivity contribution in [3.05, 3.63) is 18.2 Å². The number of nitrogens with two attached hydrogens (primary N) is 1. The van der Waals surface area contributed by atoms with Gasteiger partial charge in [-0.1, -0.05) is 13.8 Å². The Kier molecular flexibility index (Phi) is 3.74. The SMILES string of the molecule is Cc1ncncc1NC(=O)[C@@H](N)C(C)C. The highest BCUT2D eigenvalue weighted by molar-refractivity contribution is 5.95. The Balaban J connectivity index is 2.71. The van der Waals surface area contributed by atoms with Crippen LogP contribution in [-0.2, 0) is 4.79 Å². The fourth-order valence-corrected chi connectivity index (χ4v) is 1.03. The molecule has 0 radical (unpaired) electrons. The van der Waals surface area contributed by atoms with Crippen molar-refractivity contribution in [3.8, 4) is 0 Å². The molecule has 1 rings (SSSR count). The van der Waals surface area contributed by atoms with Crippen LogP contribution < -0.4 is 11.1 Å². The number of hydrogen-bond donors (Lipinski definition) is 2. The van der Waals surface area contributed by atoms with Gasteiger partial charge >= 0.3 is 0 Å². The Bertz CT molecular complexity index is 351. The average Bonchev–Trinajstić information content (AvgIpc) is 2.20. The smallest absolute Gasteiger partial charge is 0.241 e. The van der Waals surface area contributed by atoms with Crippen molar-refractivity contribution in [1.82, 2.24) is 9.97 Å². The number of carbonyl (C=O) groups is 1. The number of amides is 1. The molecular weight excluding hydrogens is 192 g/mol. The molecule has 15 heavy (non-hydrogen) atoms. The molecule has 82 valence electrons. The second kappa shape index (κ2) is 4.84. The third-order valence-corrected chi connectivity index (χ3v) is 2.19. The van der Waals surface area contributed by atoms with Gasteiger partial charge in [0.15, 0.2) is 0 Å². The third kappa shape index (κ3) is 2.99. The highest BCUT2D eigenvalue weighted by atomic mass is 16.2. The quantitative estimate of drug-likeness (QED) is 0.766. The maximum Gasteiger partial charge on any atom is 0.241 e. The number of rotatable bonds is 3. The van der Waals surface area contributed by atoms with Crippen LogP contribution in [0.4, 0.5) is 5.69 Å². The lowest BCUT2D eigenvalue weighted by Crippen LogP contribution is -2.39. The van der Waals surface area contributed by atoms with Gasteiger partial charge in [-0.05, 0) is 12.8 Å². The second-order valence-electron chi connectivity index (χ2n) is 3.78. The topological polar surface area (TPSA) is 80.9 Å². The summed E-state index contributed by atoms with van der Waals surface area (Å²) in [7, 11) is 0. The van der Waals surface area contributed by atoms with Gasteiger partial charge in [0, 0.05) is 0 Å². The zero-order valence-corrected chi connectivity index (χ0v) is 9.19. The van der Waals surface area contributed by atoms with E-state index in [-0.39, 0.29) is 11.8 Å². The minimum absolute atomic E-state index is 0.106. The summed E-state index contributed by atoms with van der Waals surface area (Å²) in [5.41, 5.74) is 7.05. The van der Waals surface area contributed by atoms with Crippen LogP contribution in [0.3, 0.4) is 0 Å². The number of carbonyl (C=O) groups excluding carboxylic acids is 1. The van der Waals surface area contributed by atoms with Crippen molar-refractivity contribution >= 4 is 11.6 Å². The molecule has 0 saturated heterocycles. The summed E-state index contributed by atoms with van der Waals surface area (Å²) in [6, 6.07) is -0.510. The molecule has 5 nitrogen and oxygen atoms in total. The normalized spacial score (nSPS) is 12.6. The van der Waals surface area contributed by atoms with Gasteiger partial charge in [0.25, 0.3) is 0 Å². The molecule has 0 aliphatic heterocycles. The van der Waals surface area contributed by atoms with E-state index in [1.165, 1.54) is 6.33 Å². The van der Waals surface area contributed by atoms with Crippen LogP contribution in [0.1, 0.15) is 19.5 Å². The van der Waals surface area contributed by atoms with E-state index in [1.807, 2.05) is 13.8 Å². The minimum atomic E-state index is -0.510. The van der Waals surface area contributed by atoms with Gasteiger partial charge in [0.2, 0.25) is 5.91 Å². The summed E-state index contributed by atoms with van der Waals surface area (Å²) < 4.78 is 0. The van der Waals surface area contributed by atoms with Crippen molar-refractivity contribution in [2.45, 2.75) is 26.8 Å². The second-order valence-corrected chi connectivity index (χ2v) is 3.78. The van der Waals surface area contributed by atoms with Crippen LogP contribution in [0, 0.1) is 12.8 Å². The minimum Gasteiger partial charge on any atom is -0.322 e. The summed E-state index contributed by atoms with van der Waals surface area (Å²) in [5.74, 6) is -0.0992. The number of nitrogens with one attached hydrogen (secondary N) is 1. The van der Waals surface area contributed by atoms with Gasteiger partial charge in [-0.2, -0.15) is 0 Å². The summed E-state index contributed by atoms with van der Waals surface area (Å²) in [5, 5.41) is 2.70. The molecule has 1 heterocycles. The number of anilines is 1. The molecule has 0 spiro atoms. The lowest BCUT2D eigenvalue weighted by atomic mass is 10.1. The highest BCUT2D eigenvalue weighted by Crippen LogP contribution is 2.10. The van der Waals surface area contributed by atoms with Crippen molar-refractivity contribution in [1.29, 1.82) is 0 Å². The largest absolute Gasteiger partial charge is 0.322 e. The van der Waals surface area contributed by atoms with Crippen LogP contribution in [0.2, 0.25) is 0 Å². The predicted molar refractivity (Wildman–Crippen MR) is 58.2 cm³/mol. The van der Waals surface area contributed by atoms with E-state index in [0.29, 0.717) is 5.69 Å². The molecule has 1 aromatic heterocycles. The highest BCUT2D eigenvalue weighted by Gasteiger charge is 2.17. The Morgan fingerprint density at radius 3 is 2.73 bits per heavy atom. The van der Waals surface area contributed by atoms with Crippen LogP contribution in [-0.4, -0.2) is 21.9 Å². The Hall–Kier alpha value is -1.49. The number of aromatic nitrogens is 2. The first-order chi connectivity index (χ1) is 7.02. The van der Waals surface area contributed by atoms with E-state index in [2.05, 4.69) is 15.3 Å². The van der Waals surface area contributed by atoms with Crippen LogP contribution in [0.15, 0.2) is 12.5 Å². The molecule has 5 heteroatoms. The molecule has 0 unspecified atom stereocenters. The van der Waals surface area contributed by atoms with E-state index in [0.717, 1.165) is 5.69 Å². The standard InChI is InChI=1S/C10H16N4O/c1-6(2)9(11)10(15)14-8-4-12-5-13-7(8)3/h4-6,9H,11H2,1-3H3,(H,14,15)/t9-/m0/s1. The molecule has 1 amide bonds. The van der Waals surface area contributed by atoms with Crippen LogP contribution >= 0.6 is 0 Å². The Labute approximate surface area is 89.1 Å². The molecule has 0 bridgehead atoms. The summed E-state index contributed by atoms with van der Waals surface area (Å²) in [4.78, 5) is 19.4. The average molecular weight is 208 g/mol. The Morgan fingerprint density at radius 1 is 1.53 bits per heavy atom. The van der Waals surface area contributed by atoms with E-state index in [4.69, 9.17) is 5.73 Å². The summed E-state index contributed by atoms with van der Waals surface area (Å²) in [6.45, 7) is 5.61. The van der Waals surface area contributed by atoms with Crippen molar-refractivity contribution in [2.75, 3.05) is 5.32 Å². The van der Waals surface area contributed by atoms with Crippen molar-refractivity contribution < 1.29 is 4.79 Å². The van der Waals surface area contributed by atoms with Crippen molar-refractivity contribution in [3.63, 3.8) is 0 Å². The maximum absolute atomic E-state index is 11.6. The van der Waals surface area contributed by atoms with Crippen molar-refractivity contribution in [2.24, 2.45) is 11.7 Å². The lowest BCUT2D eigenvalue weighted by molar-refractivity contribution is -0.118. The molecule has 1 atom stereocenters. The first kappa shape index (κ1) is 11.6. The zero-order chi connectivity index (χ0) is 11.4. The molecule has 1 aromatic rings. The predicted octanol–water partition coefficient (Wildman–Crippen LogP) is 0.707. The van der Waals surface area contributed by atoms with Crippen LogP contribution in [0.25, 0.3) is 0 Å². The fraction of sp³-hybridized carbons (Fsp3) is 0.500. The molecule has 0 saturated carbocycles. The third-order valence-electron chi connectivity index (χ3n) is 2.19. The Morgan fingerprint density at radius 2 is 2.20 bits per heavy atom. The molecule has 0 aromatic carbocycles. The van der Waals surface area contributed by atoms with Gasteiger partial charge in [0.05, 0.1) is 23.6 Å².